The highest BCUT2D eigenvalue weighted by molar-refractivity contribution is 6.02. The first kappa shape index (κ1) is 12.5. The van der Waals surface area contributed by atoms with Gasteiger partial charge in [-0.15, -0.1) is 0 Å². The quantitative estimate of drug-likeness (QED) is 0.807. The van der Waals surface area contributed by atoms with Gasteiger partial charge in [0.25, 0.3) is 0 Å². The van der Waals surface area contributed by atoms with Crippen LogP contribution in [0, 0.1) is 0 Å². The van der Waals surface area contributed by atoms with Crippen LogP contribution in [0.15, 0.2) is 30.1 Å². The van der Waals surface area contributed by atoms with Crippen molar-refractivity contribution in [2.75, 3.05) is 7.11 Å². The molecule has 0 bridgehead atoms. The number of methoxy groups -OCH3 is 1. The molecule has 2 heterocycles. The van der Waals surface area contributed by atoms with E-state index in [1.165, 1.54) is 18.9 Å². The predicted molar refractivity (Wildman–Crippen MR) is 74.5 cm³/mol. The largest absolute Gasteiger partial charge is 0.464 e. The monoisotopic (exact) mass is 270 g/mol. The average molecular weight is 270 g/mol. The van der Waals surface area contributed by atoms with Crippen LogP contribution in [-0.4, -0.2) is 28.9 Å². The molecule has 102 valence electrons. The van der Waals surface area contributed by atoms with Gasteiger partial charge in [-0.1, -0.05) is 12.1 Å². The number of H-pyrrole nitrogens is 1. The Morgan fingerprint density at radius 2 is 2.15 bits per heavy atom. The smallest absolute Gasteiger partial charge is 0.354 e. The minimum atomic E-state index is -0.512. The molecule has 5 nitrogen and oxygen atoms in total. The zero-order valence-corrected chi connectivity index (χ0v) is 11.3. The molecule has 5 heteroatoms. The van der Waals surface area contributed by atoms with Crippen LogP contribution in [0.4, 0.5) is 0 Å². The molecule has 1 aromatic heterocycles. The number of amides is 1. The first-order valence-corrected chi connectivity index (χ1v) is 6.29. The van der Waals surface area contributed by atoms with Gasteiger partial charge in [-0.2, -0.15) is 0 Å². The Morgan fingerprint density at radius 3 is 2.85 bits per heavy atom. The van der Waals surface area contributed by atoms with E-state index in [1.54, 1.807) is 6.08 Å². The minimum absolute atomic E-state index is 0.187. The number of nitrogens with zero attached hydrogens (tertiary/aromatic N) is 1. The Morgan fingerprint density at radius 1 is 1.35 bits per heavy atom. The Kier molecular flexibility index (Phi) is 2.82. The molecule has 1 aliphatic rings. The summed E-state index contributed by atoms with van der Waals surface area (Å²) in [6.45, 7) is 1.80. The van der Waals surface area contributed by atoms with Crippen LogP contribution < -0.4 is 0 Å². The second kappa shape index (κ2) is 4.52. The van der Waals surface area contributed by atoms with Crippen molar-refractivity contribution < 1.29 is 14.3 Å². The van der Waals surface area contributed by atoms with Crippen LogP contribution >= 0.6 is 0 Å². The lowest BCUT2D eigenvalue weighted by atomic mass is 10.1. The Balaban J connectivity index is 2.25. The molecule has 0 saturated heterocycles. The topological polar surface area (TPSA) is 62.4 Å². The highest BCUT2D eigenvalue weighted by atomic mass is 16.5. The molecule has 1 aliphatic heterocycles. The first-order chi connectivity index (χ1) is 9.61. The number of aromatic amines is 1. The van der Waals surface area contributed by atoms with Crippen LogP contribution in [0.3, 0.4) is 0 Å². The van der Waals surface area contributed by atoms with E-state index in [1.807, 2.05) is 24.4 Å². The van der Waals surface area contributed by atoms with Gasteiger partial charge in [0.15, 0.2) is 0 Å². The van der Waals surface area contributed by atoms with Crippen molar-refractivity contribution in [1.29, 1.82) is 0 Å². The van der Waals surface area contributed by atoms with Crippen LogP contribution in [-0.2, 0) is 20.9 Å². The Hall–Kier alpha value is -2.56. The van der Waals surface area contributed by atoms with Gasteiger partial charge >= 0.3 is 5.97 Å². The molecule has 0 atom stereocenters. The van der Waals surface area contributed by atoms with Crippen molar-refractivity contribution in [2.24, 2.45) is 0 Å². The first-order valence-electron chi connectivity index (χ1n) is 6.29. The predicted octanol–water partition coefficient (Wildman–Crippen LogP) is 2.04. The van der Waals surface area contributed by atoms with E-state index in [0.717, 1.165) is 22.0 Å². The van der Waals surface area contributed by atoms with Crippen LogP contribution in [0.5, 0.6) is 0 Å². The summed E-state index contributed by atoms with van der Waals surface area (Å²) in [7, 11) is 1.31. The molecule has 3 rings (SSSR count). The second-order valence-corrected chi connectivity index (χ2v) is 4.71. The summed E-state index contributed by atoms with van der Waals surface area (Å²) in [5.74, 6) is -0.699. The molecule has 0 unspecified atom stereocenters. The van der Waals surface area contributed by atoms with E-state index in [2.05, 4.69) is 4.98 Å². The third kappa shape index (κ3) is 1.79. The van der Waals surface area contributed by atoms with E-state index in [-0.39, 0.29) is 11.6 Å². The molecule has 0 fully saturated rings. The fourth-order valence-corrected chi connectivity index (χ4v) is 2.57. The number of esters is 1. The minimum Gasteiger partial charge on any atom is -0.464 e. The molecule has 1 aromatic carbocycles. The molecular formula is C15H14N2O3. The zero-order valence-electron chi connectivity index (χ0n) is 11.3. The van der Waals surface area contributed by atoms with Gasteiger partial charge in [-0.25, -0.2) is 4.79 Å². The van der Waals surface area contributed by atoms with Gasteiger partial charge in [0.05, 0.1) is 13.7 Å². The summed E-state index contributed by atoms with van der Waals surface area (Å²) in [6, 6.07) is 5.86. The second-order valence-electron chi connectivity index (χ2n) is 4.71. The van der Waals surface area contributed by atoms with Crippen molar-refractivity contribution in [2.45, 2.75) is 13.5 Å². The summed E-state index contributed by atoms with van der Waals surface area (Å²) < 4.78 is 4.79. The van der Waals surface area contributed by atoms with Crippen molar-refractivity contribution in [1.82, 2.24) is 9.88 Å². The van der Waals surface area contributed by atoms with Crippen LogP contribution in [0.2, 0.25) is 0 Å². The number of ether oxygens (including phenoxy) is 1. The Bertz CT molecular complexity index is 743. The fraction of sp³-hybridized carbons (Fsp3) is 0.200. The van der Waals surface area contributed by atoms with Gasteiger partial charge < -0.3 is 14.6 Å². The lowest BCUT2D eigenvalue weighted by Gasteiger charge is -2.21. The molecule has 2 aromatic rings. The molecule has 0 spiro atoms. The van der Waals surface area contributed by atoms with Gasteiger partial charge in [-0.3, -0.25) is 4.79 Å². The number of aromatic nitrogens is 1. The van der Waals surface area contributed by atoms with Crippen molar-refractivity contribution in [3.63, 3.8) is 0 Å². The van der Waals surface area contributed by atoms with E-state index in [4.69, 9.17) is 4.74 Å². The summed E-state index contributed by atoms with van der Waals surface area (Å²) in [5, 5.41) is 1.04. The number of carbonyl (C=O) groups excluding carboxylic acids is 2. The van der Waals surface area contributed by atoms with Crippen molar-refractivity contribution in [3.8, 4) is 0 Å². The molecule has 1 N–H and O–H groups in total. The lowest BCUT2D eigenvalue weighted by Crippen LogP contribution is -2.31. The van der Waals surface area contributed by atoms with E-state index in [0.29, 0.717) is 6.54 Å². The van der Waals surface area contributed by atoms with Gasteiger partial charge in [0.1, 0.15) is 5.70 Å². The Labute approximate surface area is 115 Å². The SMILES string of the molecule is COC(=O)C1=Cc2c[nH]c3cccc(c23)CN1C(C)=O. The number of benzene rings is 1. The lowest BCUT2D eigenvalue weighted by molar-refractivity contribution is -0.141. The summed E-state index contributed by atoms with van der Waals surface area (Å²) in [5.41, 5.74) is 3.14. The van der Waals surface area contributed by atoms with Gasteiger partial charge in [0.2, 0.25) is 5.91 Å². The maximum Gasteiger partial charge on any atom is 0.354 e. The highest BCUT2D eigenvalue weighted by Gasteiger charge is 2.26. The maximum absolute atomic E-state index is 11.9. The molecular weight excluding hydrogens is 256 g/mol. The van der Waals surface area contributed by atoms with E-state index >= 15 is 0 Å². The highest BCUT2D eigenvalue weighted by Crippen LogP contribution is 2.30. The summed E-state index contributed by atoms with van der Waals surface area (Å²) >= 11 is 0. The molecule has 0 radical (unpaired) electrons. The third-order valence-electron chi connectivity index (χ3n) is 3.51. The summed E-state index contributed by atoms with van der Waals surface area (Å²) in [4.78, 5) is 28.4. The number of hydrogen-bond acceptors (Lipinski definition) is 3. The molecule has 0 saturated carbocycles. The normalized spacial score (nSPS) is 13.9. The number of carbonyl (C=O) groups is 2. The van der Waals surface area contributed by atoms with E-state index < -0.39 is 5.97 Å². The van der Waals surface area contributed by atoms with Crippen molar-refractivity contribution >= 4 is 28.9 Å². The van der Waals surface area contributed by atoms with Crippen LogP contribution in [0.25, 0.3) is 17.0 Å². The maximum atomic E-state index is 11.9. The third-order valence-corrected chi connectivity index (χ3v) is 3.51. The zero-order chi connectivity index (χ0) is 14.3. The van der Waals surface area contributed by atoms with Gasteiger partial charge in [0, 0.05) is 29.6 Å². The molecule has 1 amide bonds. The molecule has 20 heavy (non-hydrogen) atoms. The van der Waals surface area contributed by atoms with E-state index in [9.17, 15) is 9.59 Å². The number of rotatable bonds is 1. The number of nitrogens with one attached hydrogen (secondary N) is 1. The fourth-order valence-electron chi connectivity index (χ4n) is 2.57. The standard InChI is InChI=1S/C15H14N2O3/c1-9(18)17-8-10-4-3-5-12-14(10)11(7-16-12)6-13(17)15(19)20-2/h3-7,16H,8H2,1-2H3. The van der Waals surface area contributed by atoms with Crippen LogP contribution in [0.1, 0.15) is 18.1 Å². The van der Waals surface area contributed by atoms with Gasteiger partial charge in [-0.05, 0) is 17.7 Å². The summed E-state index contributed by atoms with van der Waals surface area (Å²) in [6.07, 6.45) is 3.53. The number of hydrogen-bond donors (Lipinski definition) is 1. The molecule has 0 aliphatic carbocycles. The van der Waals surface area contributed by atoms with Crippen molar-refractivity contribution in [3.05, 3.63) is 41.2 Å². The average Bonchev–Trinajstić information content (AvgIpc) is 2.76.